The first-order chi connectivity index (χ1) is 8.15. The first kappa shape index (κ1) is 11.6. The molecular formula is C13H11ClO3. The van der Waals surface area contributed by atoms with Crippen LogP contribution in [0.2, 0.25) is 5.02 Å². The molecule has 0 spiro atoms. The fourth-order valence-corrected chi connectivity index (χ4v) is 1.58. The number of phenols is 2. The SMILES string of the molecule is Oc1cccc(OCc2ccc(O)c(Cl)c2)c1. The van der Waals surface area contributed by atoms with Gasteiger partial charge in [-0.25, -0.2) is 0 Å². The molecule has 2 aromatic carbocycles. The summed E-state index contributed by atoms with van der Waals surface area (Å²) >= 11 is 5.78. The number of rotatable bonds is 3. The van der Waals surface area contributed by atoms with Gasteiger partial charge >= 0.3 is 0 Å². The Morgan fingerprint density at radius 2 is 1.88 bits per heavy atom. The summed E-state index contributed by atoms with van der Waals surface area (Å²) < 4.78 is 5.47. The highest BCUT2D eigenvalue weighted by molar-refractivity contribution is 6.32. The summed E-state index contributed by atoms with van der Waals surface area (Å²) in [6.07, 6.45) is 0. The molecule has 0 radical (unpaired) electrons. The molecule has 3 nitrogen and oxygen atoms in total. The van der Waals surface area contributed by atoms with Crippen LogP contribution < -0.4 is 4.74 Å². The fraction of sp³-hybridized carbons (Fsp3) is 0.0769. The van der Waals surface area contributed by atoms with Gasteiger partial charge in [-0.05, 0) is 29.8 Å². The predicted molar refractivity (Wildman–Crippen MR) is 65.6 cm³/mol. The first-order valence-corrected chi connectivity index (χ1v) is 5.42. The number of benzene rings is 2. The Hall–Kier alpha value is -1.87. The summed E-state index contributed by atoms with van der Waals surface area (Å²) in [6, 6.07) is 11.4. The lowest BCUT2D eigenvalue weighted by molar-refractivity contribution is 0.304. The minimum Gasteiger partial charge on any atom is -0.508 e. The molecule has 2 rings (SSSR count). The van der Waals surface area contributed by atoms with E-state index in [0.717, 1.165) is 5.56 Å². The maximum absolute atomic E-state index is 9.26. The van der Waals surface area contributed by atoms with Gasteiger partial charge in [-0.1, -0.05) is 23.7 Å². The van der Waals surface area contributed by atoms with Crippen molar-refractivity contribution >= 4 is 11.6 Å². The van der Waals surface area contributed by atoms with E-state index >= 15 is 0 Å². The Labute approximate surface area is 104 Å². The second-order valence-corrected chi connectivity index (χ2v) is 3.98. The van der Waals surface area contributed by atoms with Crippen molar-refractivity contribution in [2.75, 3.05) is 0 Å². The van der Waals surface area contributed by atoms with Crippen molar-refractivity contribution in [3.8, 4) is 17.2 Å². The van der Waals surface area contributed by atoms with Crippen LogP contribution in [0.5, 0.6) is 17.2 Å². The van der Waals surface area contributed by atoms with Crippen molar-refractivity contribution in [3.63, 3.8) is 0 Å². The van der Waals surface area contributed by atoms with Crippen LogP contribution in [0.25, 0.3) is 0 Å². The molecule has 2 N–H and O–H groups in total. The molecule has 0 aliphatic carbocycles. The minimum atomic E-state index is 0.0489. The highest BCUT2D eigenvalue weighted by atomic mass is 35.5. The zero-order chi connectivity index (χ0) is 12.3. The molecule has 0 fully saturated rings. The van der Waals surface area contributed by atoms with Crippen LogP contribution in [0.4, 0.5) is 0 Å². The number of ether oxygens (including phenoxy) is 1. The van der Waals surface area contributed by atoms with Crippen molar-refractivity contribution in [1.29, 1.82) is 0 Å². The largest absolute Gasteiger partial charge is 0.508 e. The zero-order valence-corrected chi connectivity index (χ0v) is 9.69. The topological polar surface area (TPSA) is 49.7 Å². The lowest BCUT2D eigenvalue weighted by Crippen LogP contribution is -1.94. The molecule has 0 unspecified atom stereocenters. The average molecular weight is 251 g/mol. The molecule has 0 saturated carbocycles. The molecule has 2 aromatic rings. The maximum Gasteiger partial charge on any atom is 0.134 e. The number of phenolic OH excluding ortho intramolecular Hbond substituents is 2. The molecule has 17 heavy (non-hydrogen) atoms. The van der Waals surface area contributed by atoms with Crippen molar-refractivity contribution in [2.45, 2.75) is 6.61 Å². The zero-order valence-electron chi connectivity index (χ0n) is 8.93. The minimum absolute atomic E-state index is 0.0489. The van der Waals surface area contributed by atoms with Crippen LogP contribution in [0.1, 0.15) is 5.56 Å². The predicted octanol–water partition coefficient (Wildman–Crippen LogP) is 3.33. The number of hydrogen-bond donors (Lipinski definition) is 2. The normalized spacial score (nSPS) is 10.2. The number of halogens is 1. The van der Waals surface area contributed by atoms with E-state index in [4.69, 9.17) is 16.3 Å². The van der Waals surface area contributed by atoms with Gasteiger partial charge in [0.15, 0.2) is 0 Å². The number of hydrogen-bond acceptors (Lipinski definition) is 3. The Bertz CT molecular complexity index is 526. The van der Waals surface area contributed by atoms with E-state index in [1.54, 1.807) is 30.3 Å². The standard InChI is InChI=1S/C13H11ClO3/c14-12-6-9(4-5-13(12)16)8-17-11-3-1-2-10(15)7-11/h1-7,15-16H,8H2. The van der Waals surface area contributed by atoms with Gasteiger partial charge < -0.3 is 14.9 Å². The van der Waals surface area contributed by atoms with E-state index in [0.29, 0.717) is 17.4 Å². The molecule has 0 heterocycles. The van der Waals surface area contributed by atoms with Gasteiger partial charge in [-0.2, -0.15) is 0 Å². The second-order valence-electron chi connectivity index (χ2n) is 3.57. The number of aromatic hydroxyl groups is 2. The molecule has 0 aromatic heterocycles. The summed E-state index contributed by atoms with van der Waals surface area (Å²) in [5, 5.41) is 18.8. The van der Waals surface area contributed by atoms with Gasteiger partial charge in [-0.15, -0.1) is 0 Å². The van der Waals surface area contributed by atoms with Crippen molar-refractivity contribution in [3.05, 3.63) is 53.1 Å². The van der Waals surface area contributed by atoms with E-state index in [-0.39, 0.29) is 11.5 Å². The van der Waals surface area contributed by atoms with Crippen LogP contribution >= 0.6 is 11.6 Å². The lowest BCUT2D eigenvalue weighted by atomic mass is 10.2. The Morgan fingerprint density at radius 3 is 2.59 bits per heavy atom. The van der Waals surface area contributed by atoms with Crippen LogP contribution in [-0.4, -0.2) is 10.2 Å². The van der Waals surface area contributed by atoms with Crippen LogP contribution in [0.15, 0.2) is 42.5 Å². The average Bonchev–Trinajstić information content (AvgIpc) is 2.31. The monoisotopic (exact) mass is 250 g/mol. The highest BCUT2D eigenvalue weighted by Crippen LogP contribution is 2.25. The Morgan fingerprint density at radius 1 is 1.06 bits per heavy atom. The molecular weight excluding hydrogens is 240 g/mol. The third-order valence-electron chi connectivity index (χ3n) is 2.24. The van der Waals surface area contributed by atoms with Gasteiger partial charge in [0.1, 0.15) is 23.9 Å². The smallest absolute Gasteiger partial charge is 0.134 e. The molecule has 88 valence electrons. The fourth-order valence-electron chi connectivity index (χ4n) is 1.38. The van der Waals surface area contributed by atoms with E-state index in [1.807, 2.05) is 0 Å². The van der Waals surface area contributed by atoms with Crippen LogP contribution in [0, 0.1) is 0 Å². The molecule has 0 aliphatic heterocycles. The lowest BCUT2D eigenvalue weighted by Gasteiger charge is -2.07. The first-order valence-electron chi connectivity index (χ1n) is 5.04. The van der Waals surface area contributed by atoms with E-state index in [9.17, 15) is 10.2 Å². The summed E-state index contributed by atoms with van der Waals surface area (Å²) in [5.74, 6) is 0.785. The second kappa shape index (κ2) is 4.97. The van der Waals surface area contributed by atoms with E-state index in [1.165, 1.54) is 12.1 Å². The quantitative estimate of drug-likeness (QED) is 0.879. The summed E-state index contributed by atoms with van der Waals surface area (Å²) in [6.45, 7) is 0.323. The van der Waals surface area contributed by atoms with Crippen LogP contribution in [-0.2, 0) is 6.61 Å². The molecule has 0 bridgehead atoms. The van der Waals surface area contributed by atoms with Crippen molar-refractivity contribution in [1.82, 2.24) is 0 Å². The van der Waals surface area contributed by atoms with Gasteiger partial charge in [0, 0.05) is 6.07 Å². The molecule has 0 aliphatic rings. The molecule has 0 atom stereocenters. The third kappa shape index (κ3) is 3.04. The van der Waals surface area contributed by atoms with E-state index < -0.39 is 0 Å². The summed E-state index contributed by atoms with van der Waals surface area (Å²) in [4.78, 5) is 0. The molecule has 4 heteroatoms. The molecule has 0 saturated heterocycles. The highest BCUT2D eigenvalue weighted by Gasteiger charge is 2.01. The summed E-state index contributed by atoms with van der Waals surface area (Å²) in [7, 11) is 0. The van der Waals surface area contributed by atoms with Gasteiger partial charge in [0.25, 0.3) is 0 Å². The maximum atomic E-state index is 9.26. The summed E-state index contributed by atoms with van der Waals surface area (Å²) in [5.41, 5.74) is 0.844. The van der Waals surface area contributed by atoms with Crippen LogP contribution in [0.3, 0.4) is 0 Å². The Kier molecular flexibility index (Phi) is 3.40. The van der Waals surface area contributed by atoms with E-state index in [2.05, 4.69) is 0 Å². The van der Waals surface area contributed by atoms with Crippen molar-refractivity contribution in [2.24, 2.45) is 0 Å². The molecule has 0 amide bonds. The third-order valence-corrected chi connectivity index (χ3v) is 2.54. The van der Waals surface area contributed by atoms with Gasteiger partial charge in [0.05, 0.1) is 5.02 Å². The Balaban J connectivity index is 2.05. The van der Waals surface area contributed by atoms with Gasteiger partial charge in [-0.3, -0.25) is 0 Å². The van der Waals surface area contributed by atoms with Gasteiger partial charge in [0.2, 0.25) is 0 Å². The van der Waals surface area contributed by atoms with Crippen molar-refractivity contribution < 1.29 is 14.9 Å².